The number of halogens is 2. The highest BCUT2D eigenvalue weighted by Gasteiger charge is 2.06. The zero-order valence-corrected chi connectivity index (χ0v) is 7.15. The molecule has 62 valence electrons. The van der Waals surface area contributed by atoms with Gasteiger partial charge in [-0.15, -0.1) is 23.2 Å². The summed E-state index contributed by atoms with van der Waals surface area (Å²) >= 11 is 11.2. The van der Waals surface area contributed by atoms with Crippen LogP contribution in [0.2, 0.25) is 0 Å². The molecule has 0 rings (SSSR count). The number of hydrogen-bond acceptors (Lipinski definition) is 2. The Morgan fingerprint density at radius 3 is 1.40 bits per heavy atom. The van der Waals surface area contributed by atoms with Gasteiger partial charge in [0.1, 0.15) is 0 Å². The van der Waals surface area contributed by atoms with Gasteiger partial charge in [-0.2, -0.15) is 0 Å². The second kappa shape index (κ2) is 6.23. The van der Waals surface area contributed by atoms with Gasteiger partial charge >= 0.3 is 0 Å². The second-order valence-electron chi connectivity index (χ2n) is 2.14. The molecular weight excluding hydrogens is 175 g/mol. The van der Waals surface area contributed by atoms with Gasteiger partial charge in [0.15, 0.2) is 0 Å². The van der Waals surface area contributed by atoms with Crippen LogP contribution in [0.15, 0.2) is 0 Å². The summed E-state index contributed by atoms with van der Waals surface area (Å²) in [5.74, 6) is 0. The van der Waals surface area contributed by atoms with Gasteiger partial charge in [-0.25, -0.2) is 0 Å². The highest BCUT2D eigenvalue weighted by Crippen LogP contribution is 2.10. The van der Waals surface area contributed by atoms with Crippen LogP contribution < -0.4 is 0 Å². The molecule has 2 nitrogen and oxygen atoms in total. The molecule has 10 heavy (non-hydrogen) atoms. The smallest absolute Gasteiger partial charge is 0.0595 e. The van der Waals surface area contributed by atoms with E-state index in [0.29, 0.717) is 12.8 Å². The van der Waals surface area contributed by atoms with E-state index in [4.69, 9.17) is 33.4 Å². The minimum Gasteiger partial charge on any atom is -0.395 e. The third-order valence-corrected chi connectivity index (χ3v) is 1.90. The monoisotopic (exact) mass is 186 g/mol. The summed E-state index contributed by atoms with van der Waals surface area (Å²) < 4.78 is 0. The van der Waals surface area contributed by atoms with Crippen molar-refractivity contribution >= 4 is 23.2 Å². The van der Waals surface area contributed by atoms with Crippen molar-refractivity contribution in [2.45, 2.75) is 23.6 Å². The molecule has 0 aromatic carbocycles. The Labute approximate surface area is 70.8 Å². The van der Waals surface area contributed by atoms with Gasteiger partial charge < -0.3 is 10.2 Å². The Morgan fingerprint density at radius 2 is 1.20 bits per heavy atom. The number of aliphatic hydroxyl groups excluding tert-OH is 2. The summed E-state index contributed by atoms with van der Waals surface area (Å²) in [5.41, 5.74) is 0. The first-order valence-corrected chi connectivity index (χ1v) is 4.07. The predicted octanol–water partition coefficient (Wildman–Crippen LogP) is 0.966. The molecule has 0 aliphatic carbocycles. The Kier molecular flexibility index (Phi) is 6.54. The molecule has 0 aromatic rings. The summed E-state index contributed by atoms with van der Waals surface area (Å²) in [6, 6.07) is 0. The molecule has 0 bridgehead atoms. The zero-order chi connectivity index (χ0) is 7.98. The number of aliphatic hydroxyl groups is 2. The van der Waals surface area contributed by atoms with Crippen LogP contribution >= 0.6 is 23.2 Å². The molecule has 0 fully saturated rings. The van der Waals surface area contributed by atoms with Crippen molar-refractivity contribution in [2.75, 3.05) is 13.2 Å². The molecule has 0 aliphatic heterocycles. The maximum absolute atomic E-state index is 8.48. The van der Waals surface area contributed by atoms with E-state index in [0.717, 1.165) is 0 Å². The molecule has 2 N–H and O–H groups in total. The van der Waals surface area contributed by atoms with E-state index in [1.165, 1.54) is 0 Å². The first-order valence-electron chi connectivity index (χ1n) is 3.20. The molecule has 4 heteroatoms. The Morgan fingerprint density at radius 1 is 0.900 bits per heavy atom. The van der Waals surface area contributed by atoms with Crippen molar-refractivity contribution in [1.29, 1.82) is 0 Å². The van der Waals surface area contributed by atoms with Gasteiger partial charge in [-0.1, -0.05) is 0 Å². The van der Waals surface area contributed by atoms with Crippen LogP contribution in [-0.4, -0.2) is 34.2 Å². The van der Waals surface area contributed by atoms with Gasteiger partial charge in [0.25, 0.3) is 0 Å². The first-order chi connectivity index (χ1) is 4.70. The summed E-state index contributed by atoms with van der Waals surface area (Å²) in [6.45, 7) is -0.0623. The molecule has 0 amide bonds. The third-order valence-electron chi connectivity index (χ3n) is 1.19. The van der Waals surface area contributed by atoms with Crippen LogP contribution in [0.25, 0.3) is 0 Å². The largest absolute Gasteiger partial charge is 0.395 e. The molecule has 2 atom stereocenters. The molecule has 0 heterocycles. The number of alkyl halides is 2. The van der Waals surface area contributed by atoms with Crippen molar-refractivity contribution in [3.8, 4) is 0 Å². The van der Waals surface area contributed by atoms with E-state index >= 15 is 0 Å². The molecule has 0 radical (unpaired) electrons. The quantitative estimate of drug-likeness (QED) is 0.629. The lowest BCUT2D eigenvalue weighted by Gasteiger charge is -2.07. The lowest BCUT2D eigenvalue weighted by Crippen LogP contribution is -2.10. The summed E-state index contributed by atoms with van der Waals surface area (Å²) in [6.07, 6.45) is 1.29. The predicted molar refractivity (Wildman–Crippen MR) is 42.7 cm³/mol. The Bertz CT molecular complexity index is 70.1. The molecule has 0 unspecified atom stereocenters. The van der Waals surface area contributed by atoms with E-state index in [1.54, 1.807) is 0 Å². The summed E-state index contributed by atoms with van der Waals surface area (Å²) in [5, 5.41) is 16.5. The Balaban J connectivity index is 3.17. The van der Waals surface area contributed by atoms with Gasteiger partial charge in [-0.05, 0) is 12.8 Å². The number of rotatable bonds is 5. The van der Waals surface area contributed by atoms with Crippen molar-refractivity contribution in [1.82, 2.24) is 0 Å². The van der Waals surface area contributed by atoms with Crippen molar-refractivity contribution < 1.29 is 10.2 Å². The van der Waals surface area contributed by atoms with Crippen LogP contribution in [0.3, 0.4) is 0 Å². The van der Waals surface area contributed by atoms with Crippen molar-refractivity contribution in [3.63, 3.8) is 0 Å². The molecule has 0 aromatic heterocycles. The number of hydrogen-bond donors (Lipinski definition) is 2. The maximum Gasteiger partial charge on any atom is 0.0595 e. The van der Waals surface area contributed by atoms with Crippen molar-refractivity contribution in [2.24, 2.45) is 0 Å². The molecular formula is C6H12Cl2O2. The van der Waals surface area contributed by atoms with Gasteiger partial charge in [0.05, 0.1) is 24.0 Å². The fraction of sp³-hybridized carbons (Fsp3) is 1.00. The summed E-state index contributed by atoms with van der Waals surface area (Å²) in [4.78, 5) is 0. The lowest BCUT2D eigenvalue weighted by atomic mass is 10.2. The second-order valence-corrected chi connectivity index (χ2v) is 3.37. The molecule has 0 saturated carbocycles. The zero-order valence-electron chi connectivity index (χ0n) is 5.63. The molecule has 0 spiro atoms. The minimum absolute atomic E-state index is 0.0312. The van der Waals surface area contributed by atoms with Crippen LogP contribution in [0, 0.1) is 0 Å². The van der Waals surface area contributed by atoms with Gasteiger partial charge in [-0.3, -0.25) is 0 Å². The third kappa shape index (κ3) is 5.30. The maximum atomic E-state index is 8.48. The van der Waals surface area contributed by atoms with Gasteiger partial charge in [0.2, 0.25) is 0 Å². The van der Waals surface area contributed by atoms with E-state index < -0.39 is 0 Å². The first kappa shape index (κ1) is 10.5. The van der Waals surface area contributed by atoms with Crippen LogP contribution in [0.1, 0.15) is 12.8 Å². The Hall–Kier alpha value is 0.500. The van der Waals surface area contributed by atoms with E-state index in [1.807, 2.05) is 0 Å². The highest BCUT2D eigenvalue weighted by molar-refractivity contribution is 6.21. The fourth-order valence-corrected chi connectivity index (χ4v) is 0.796. The highest BCUT2D eigenvalue weighted by atomic mass is 35.5. The SMILES string of the molecule is OC[C@@H](Cl)CC[C@@H](Cl)CO. The van der Waals surface area contributed by atoms with E-state index in [-0.39, 0.29) is 24.0 Å². The lowest BCUT2D eigenvalue weighted by molar-refractivity contribution is 0.270. The van der Waals surface area contributed by atoms with E-state index in [9.17, 15) is 0 Å². The average Bonchev–Trinajstić information content (AvgIpc) is 1.99. The standard InChI is InChI=1S/C6H12Cl2O2/c7-5(3-9)1-2-6(8)4-10/h5-6,9-10H,1-4H2/t5-,6+. The topological polar surface area (TPSA) is 40.5 Å². The van der Waals surface area contributed by atoms with Crippen LogP contribution in [0.4, 0.5) is 0 Å². The normalized spacial score (nSPS) is 16.8. The molecule has 0 aliphatic rings. The fourth-order valence-electron chi connectivity index (χ4n) is 0.544. The average molecular weight is 187 g/mol. The minimum atomic E-state index is -0.229. The molecule has 0 saturated heterocycles. The summed E-state index contributed by atoms with van der Waals surface area (Å²) in [7, 11) is 0. The van der Waals surface area contributed by atoms with Gasteiger partial charge in [0, 0.05) is 0 Å². The van der Waals surface area contributed by atoms with Crippen molar-refractivity contribution in [3.05, 3.63) is 0 Å². The van der Waals surface area contributed by atoms with Crippen LogP contribution in [-0.2, 0) is 0 Å². The van der Waals surface area contributed by atoms with E-state index in [2.05, 4.69) is 0 Å². The van der Waals surface area contributed by atoms with Crippen LogP contribution in [0.5, 0.6) is 0 Å².